The highest BCUT2D eigenvalue weighted by Crippen LogP contribution is 2.20. The number of carbonyl (C=O) groups excluding carboxylic acids is 3. The number of thioether (sulfide) groups is 1. The summed E-state index contributed by atoms with van der Waals surface area (Å²) in [5, 5.41) is 2.66. The van der Waals surface area contributed by atoms with Crippen LogP contribution in [0.25, 0.3) is 0 Å². The third-order valence-electron chi connectivity index (χ3n) is 2.55. The van der Waals surface area contributed by atoms with Crippen LogP contribution in [0.15, 0.2) is 6.20 Å². The molecule has 0 aromatic carbocycles. The molecule has 1 heterocycles. The largest absolute Gasteiger partial charge is 0.462 e. The van der Waals surface area contributed by atoms with Crippen LogP contribution in [0.1, 0.15) is 29.4 Å². The molecule has 21 heavy (non-hydrogen) atoms. The van der Waals surface area contributed by atoms with Gasteiger partial charge in [0, 0.05) is 24.1 Å². The second-order valence-electron chi connectivity index (χ2n) is 4.24. The minimum atomic E-state index is -0.477. The number of aryl methyl sites for hydroxylation is 1. The predicted octanol–water partition coefficient (Wildman–Crippen LogP) is 1.05. The third-order valence-corrected chi connectivity index (χ3v) is 3.53. The quantitative estimate of drug-likeness (QED) is 0.490. The number of aromatic amines is 1. The number of primary amides is 1. The molecule has 0 bridgehead atoms. The maximum absolute atomic E-state index is 11.8. The van der Waals surface area contributed by atoms with Gasteiger partial charge in [-0.2, -0.15) is 11.8 Å². The van der Waals surface area contributed by atoms with Crippen LogP contribution < -0.4 is 11.1 Å². The predicted molar refractivity (Wildman–Crippen MR) is 81.3 cm³/mol. The molecule has 0 atom stereocenters. The summed E-state index contributed by atoms with van der Waals surface area (Å²) in [5.74, 6) is -0.463. The van der Waals surface area contributed by atoms with E-state index in [1.807, 2.05) is 0 Å². The summed E-state index contributed by atoms with van der Waals surface area (Å²) in [7, 11) is 0. The van der Waals surface area contributed by atoms with E-state index in [0.29, 0.717) is 22.7 Å². The van der Waals surface area contributed by atoms with Crippen LogP contribution in [0, 0.1) is 6.92 Å². The Morgan fingerprint density at radius 3 is 2.76 bits per heavy atom. The molecule has 1 aromatic rings. The number of anilines is 1. The van der Waals surface area contributed by atoms with Gasteiger partial charge in [-0.1, -0.05) is 0 Å². The number of ether oxygens (including phenoxy) is 1. The van der Waals surface area contributed by atoms with Gasteiger partial charge in [-0.3, -0.25) is 9.59 Å². The lowest BCUT2D eigenvalue weighted by Gasteiger charge is -2.07. The topological polar surface area (TPSA) is 114 Å². The lowest BCUT2D eigenvalue weighted by Crippen LogP contribution is -2.17. The zero-order valence-corrected chi connectivity index (χ0v) is 12.8. The Hall–Kier alpha value is -1.96. The van der Waals surface area contributed by atoms with Crippen LogP contribution in [0.2, 0.25) is 0 Å². The van der Waals surface area contributed by atoms with Crippen molar-refractivity contribution in [2.24, 2.45) is 5.73 Å². The molecule has 1 rings (SSSR count). The number of aromatic nitrogens is 1. The maximum atomic E-state index is 11.8. The first-order chi connectivity index (χ1) is 9.95. The number of nitrogens with two attached hydrogens (primary N) is 1. The van der Waals surface area contributed by atoms with Crippen LogP contribution in [-0.4, -0.2) is 40.9 Å². The smallest absolute Gasteiger partial charge is 0.342 e. The Bertz CT molecular complexity index is 527. The van der Waals surface area contributed by atoms with Crippen LogP contribution in [0.3, 0.4) is 0 Å². The van der Waals surface area contributed by atoms with E-state index in [4.69, 9.17) is 10.5 Å². The van der Waals surface area contributed by atoms with E-state index < -0.39 is 11.9 Å². The number of rotatable bonds is 8. The highest BCUT2D eigenvalue weighted by molar-refractivity contribution is 7.99. The molecule has 1 aromatic heterocycles. The van der Waals surface area contributed by atoms with Crippen LogP contribution in [0.4, 0.5) is 5.69 Å². The van der Waals surface area contributed by atoms with Crippen molar-refractivity contribution in [1.29, 1.82) is 0 Å². The standard InChI is InChI=1S/C13H19N3O4S/c1-3-20-13(19)12-8(2)15-6-9(12)16-11(18)4-5-21-7-10(14)17/h6,15H,3-5,7H2,1-2H3,(H2,14,17)(H,16,18). The number of nitrogens with one attached hydrogen (secondary N) is 2. The Morgan fingerprint density at radius 2 is 2.14 bits per heavy atom. The van der Waals surface area contributed by atoms with E-state index in [9.17, 15) is 14.4 Å². The van der Waals surface area contributed by atoms with Crippen molar-refractivity contribution in [1.82, 2.24) is 4.98 Å². The number of H-pyrrole nitrogens is 1. The molecule has 0 unspecified atom stereocenters. The average Bonchev–Trinajstić information content (AvgIpc) is 2.76. The minimum absolute atomic E-state index is 0.185. The fourth-order valence-electron chi connectivity index (χ4n) is 1.64. The molecule has 0 saturated heterocycles. The van der Waals surface area contributed by atoms with E-state index in [2.05, 4.69) is 10.3 Å². The first kappa shape index (κ1) is 17.1. The van der Waals surface area contributed by atoms with Gasteiger partial charge >= 0.3 is 5.97 Å². The molecule has 7 nitrogen and oxygen atoms in total. The van der Waals surface area contributed by atoms with Crippen molar-refractivity contribution in [2.75, 3.05) is 23.4 Å². The zero-order valence-electron chi connectivity index (χ0n) is 12.0. The second-order valence-corrected chi connectivity index (χ2v) is 5.35. The molecule has 0 spiro atoms. The van der Waals surface area contributed by atoms with Crippen molar-refractivity contribution < 1.29 is 19.1 Å². The van der Waals surface area contributed by atoms with Crippen LogP contribution >= 0.6 is 11.8 Å². The van der Waals surface area contributed by atoms with Crippen molar-refractivity contribution in [3.8, 4) is 0 Å². The Labute approximate surface area is 127 Å². The van der Waals surface area contributed by atoms with E-state index in [1.54, 1.807) is 20.0 Å². The molecular formula is C13H19N3O4S. The number of hydrogen-bond acceptors (Lipinski definition) is 5. The SMILES string of the molecule is CCOC(=O)c1c(NC(=O)CCSCC(N)=O)c[nH]c1C. The lowest BCUT2D eigenvalue weighted by atomic mass is 10.2. The number of hydrogen-bond donors (Lipinski definition) is 3. The number of amides is 2. The van der Waals surface area contributed by atoms with Gasteiger partial charge in [-0.25, -0.2) is 4.79 Å². The Balaban J connectivity index is 2.56. The van der Waals surface area contributed by atoms with Crippen LogP contribution in [0.5, 0.6) is 0 Å². The van der Waals surface area contributed by atoms with Gasteiger partial charge < -0.3 is 20.8 Å². The lowest BCUT2D eigenvalue weighted by molar-refractivity contribution is -0.116. The van der Waals surface area contributed by atoms with Crippen molar-refractivity contribution in [2.45, 2.75) is 20.3 Å². The molecule has 0 fully saturated rings. The molecule has 0 saturated carbocycles. The molecule has 0 aliphatic heterocycles. The monoisotopic (exact) mass is 313 g/mol. The van der Waals surface area contributed by atoms with Gasteiger partial charge in [-0.05, 0) is 13.8 Å². The summed E-state index contributed by atoms with van der Waals surface area (Å²) in [4.78, 5) is 37.1. The van der Waals surface area contributed by atoms with Gasteiger partial charge in [0.2, 0.25) is 11.8 Å². The average molecular weight is 313 g/mol. The first-order valence-corrected chi connectivity index (χ1v) is 7.62. The summed E-state index contributed by atoms with van der Waals surface area (Å²) >= 11 is 1.29. The minimum Gasteiger partial charge on any atom is -0.462 e. The van der Waals surface area contributed by atoms with E-state index in [1.165, 1.54) is 11.8 Å². The molecule has 0 aliphatic rings. The summed E-state index contributed by atoms with van der Waals surface area (Å²) in [6.07, 6.45) is 1.78. The molecule has 116 valence electrons. The normalized spacial score (nSPS) is 10.2. The van der Waals surface area contributed by atoms with Gasteiger partial charge in [0.1, 0.15) is 5.56 Å². The van der Waals surface area contributed by atoms with Crippen molar-refractivity contribution in [3.63, 3.8) is 0 Å². The van der Waals surface area contributed by atoms with Crippen LogP contribution in [-0.2, 0) is 14.3 Å². The second kappa shape index (κ2) is 8.35. The number of esters is 1. The number of carbonyl (C=O) groups is 3. The van der Waals surface area contributed by atoms with E-state index in [-0.39, 0.29) is 24.7 Å². The Morgan fingerprint density at radius 1 is 1.43 bits per heavy atom. The fourth-order valence-corrected chi connectivity index (χ4v) is 2.32. The molecule has 4 N–H and O–H groups in total. The third kappa shape index (κ3) is 5.50. The molecule has 8 heteroatoms. The van der Waals surface area contributed by atoms with Gasteiger partial charge in [0.15, 0.2) is 0 Å². The molecule has 2 amide bonds. The summed E-state index contributed by atoms with van der Waals surface area (Å²) in [6, 6.07) is 0. The van der Waals surface area contributed by atoms with E-state index >= 15 is 0 Å². The highest BCUT2D eigenvalue weighted by Gasteiger charge is 2.18. The summed E-state index contributed by atoms with van der Waals surface area (Å²) in [6.45, 7) is 3.71. The van der Waals surface area contributed by atoms with E-state index in [0.717, 1.165) is 0 Å². The fraction of sp³-hybridized carbons (Fsp3) is 0.462. The molecule has 0 aliphatic carbocycles. The van der Waals surface area contributed by atoms with Crippen molar-refractivity contribution in [3.05, 3.63) is 17.5 Å². The Kier molecular flexibility index (Phi) is 6.80. The van der Waals surface area contributed by atoms with Crippen molar-refractivity contribution >= 4 is 35.2 Å². The maximum Gasteiger partial charge on any atom is 0.342 e. The summed E-state index contributed by atoms with van der Waals surface area (Å²) in [5.41, 5.74) is 6.36. The highest BCUT2D eigenvalue weighted by atomic mass is 32.2. The summed E-state index contributed by atoms with van der Waals surface area (Å²) < 4.78 is 4.95. The zero-order chi connectivity index (χ0) is 15.8. The molecule has 0 radical (unpaired) electrons. The van der Waals surface area contributed by atoms with Gasteiger partial charge in [0.05, 0.1) is 18.0 Å². The van der Waals surface area contributed by atoms with Gasteiger partial charge in [-0.15, -0.1) is 0 Å². The van der Waals surface area contributed by atoms with Gasteiger partial charge in [0.25, 0.3) is 0 Å². The first-order valence-electron chi connectivity index (χ1n) is 6.46. The molecular weight excluding hydrogens is 294 g/mol.